The quantitative estimate of drug-likeness (QED) is 0.726. The molecule has 0 aliphatic heterocycles. The van der Waals surface area contributed by atoms with Crippen molar-refractivity contribution in [1.82, 2.24) is 0 Å². The minimum absolute atomic E-state index is 0.154. The zero-order valence-electron chi connectivity index (χ0n) is 8.07. The fourth-order valence-electron chi connectivity index (χ4n) is 1.22. The number of alkyl halides is 4. The van der Waals surface area contributed by atoms with Gasteiger partial charge in [0.05, 0.1) is 0 Å². The maximum atomic E-state index is 12.0. The largest absolute Gasteiger partial charge is 0.573 e. The molecule has 1 aromatic rings. The number of aryl methyl sites for hydroxylation is 1. The summed E-state index contributed by atoms with van der Waals surface area (Å²) in [6.07, 6.45) is -4.18. The van der Waals surface area contributed by atoms with Crippen molar-refractivity contribution in [1.29, 1.82) is 0 Å². The van der Waals surface area contributed by atoms with Crippen LogP contribution in [0.2, 0.25) is 0 Å². The molecule has 84 valence electrons. The summed E-state index contributed by atoms with van der Waals surface area (Å²) in [5.41, 5.74) is 1.29. The third-order valence-corrected chi connectivity index (χ3v) is 2.19. The summed E-state index contributed by atoms with van der Waals surface area (Å²) in [7, 11) is 0. The van der Waals surface area contributed by atoms with Gasteiger partial charge in [-0.05, 0) is 23.6 Å². The SMILES string of the molecule is CCc1cc(CCl)ccc1OC(F)(F)F. The summed E-state index contributed by atoms with van der Waals surface area (Å²) >= 11 is 5.58. The fourth-order valence-corrected chi connectivity index (χ4v) is 1.38. The molecule has 15 heavy (non-hydrogen) atoms. The predicted octanol–water partition coefficient (Wildman–Crippen LogP) is 3.89. The third-order valence-electron chi connectivity index (χ3n) is 1.89. The van der Waals surface area contributed by atoms with Gasteiger partial charge in [0, 0.05) is 5.88 Å². The maximum Gasteiger partial charge on any atom is 0.573 e. The third kappa shape index (κ3) is 3.63. The zero-order valence-corrected chi connectivity index (χ0v) is 8.82. The highest BCUT2D eigenvalue weighted by molar-refractivity contribution is 6.17. The van der Waals surface area contributed by atoms with E-state index in [1.807, 2.05) is 0 Å². The van der Waals surface area contributed by atoms with Gasteiger partial charge in [0.2, 0.25) is 0 Å². The van der Waals surface area contributed by atoms with E-state index in [9.17, 15) is 13.2 Å². The highest BCUT2D eigenvalue weighted by Gasteiger charge is 2.31. The summed E-state index contributed by atoms with van der Waals surface area (Å²) in [5, 5.41) is 0. The first kappa shape index (κ1) is 12.2. The highest BCUT2D eigenvalue weighted by atomic mass is 35.5. The van der Waals surface area contributed by atoms with E-state index < -0.39 is 6.36 Å². The normalized spacial score (nSPS) is 11.5. The number of halogens is 4. The molecule has 0 amide bonds. The summed E-state index contributed by atoms with van der Waals surface area (Å²) in [6.45, 7) is 1.76. The van der Waals surface area contributed by atoms with Gasteiger partial charge in [0.1, 0.15) is 5.75 Å². The number of rotatable bonds is 3. The number of hydrogen-bond donors (Lipinski definition) is 0. The summed E-state index contributed by atoms with van der Waals surface area (Å²) in [6, 6.07) is 4.44. The molecule has 1 nitrogen and oxygen atoms in total. The van der Waals surface area contributed by atoms with Crippen LogP contribution >= 0.6 is 11.6 Å². The Kier molecular flexibility index (Phi) is 3.85. The van der Waals surface area contributed by atoms with Gasteiger partial charge in [-0.2, -0.15) is 0 Å². The summed E-state index contributed by atoms with van der Waals surface area (Å²) in [5.74, 6) is 0.123. The molecule has 5 heteroatoms. The lowest BCUT2D eigenvalue weighted by Gasteiger charge is -2.13. The highest BCUT2D eigenvalue weighted by Crippen LogP contribution is 2.27. The second-order valence-corrected chi connectivity index (χ2v) is 3.24. The van der Waals surface area contributed by atoms with Crippen molar-refractivity contribution in [2.75, 3.05) is 0 Å². The molecular formula is C10H10ClF3O. The molecule has 0 spiro atoms. The Balaban J connectivity index is 2.97. The van der Waals surface area contributed by atoms with Crippen LogP contribution in [0.4, 0.5) is 13.2 Å². The van der Waals surface area contributed by atoms with Crippen molar-refractivity contribution in [2.24, 2.45) is 0 Å². The molecule has 1 rings (SSSR count). The monoisotopic (exact) mass is 238 g/mol. The first-order chi connectivity index (χ1) is 6.96. The number of hydrogen-bond acceptors (Lipinski definition) is 1. The van der Waals surface area contributed by atoms with Gasteiger partial charge in [0.25, 0.3) is 0 Å². The van der Waals surface area contributed by atoms with Crippen molar-refractivity contribution in [2.45, 2.75) is 25.6 Å². The molecule has 0 aliphatic rings. The van der Waals surface area contributed by atoms with Crippen LogP contribution in [-0.2, 0) is 12.3 Å². The van der Waals surface area contributed by atoms with E-state index >= 15 is 0 Å². The average molecular weight is 239 g/mol. The van der Waals surface area contributed by atoms with Crippen LogP contribution in [0, 0.1) is 0 Å². The average Bonchev–Trinajstić information content (AvgIpc) is 2.16. The Labute approximate surface area is 90.8 Å². The molecule has 0 fully saturated rings. The van der Waals surface area contributed by atoms with Gasteiger partial charge >= 0.3 is 6.36 Å². The van der Waals surface area contributed by atoms with Crippen LogP contribution in [0.25, 0.3) is 0 Å². The maximum absolute atomic E-state index is 12.0. The molecule has 0 N–H and O–H groups in total. The standard InChI is InChI=1S/C10H10ClF3O/c1-2-8-5-7(6-11)3-4-9(8)15-10(12,13)14/h3-5H,2,6H2,1H3. The zero-order chi connectivity index (χ0) is 11.5. The Bertz CT molecular complexity index is 336. The van der Waals surface area contributed by atoms with E-state index in [-0.39, 0.29) is 11.6 Å². The fraction of sp³-hybridized carbons (Fsp3) is 0.400. The second-order valence-electron chi connectivity index (χ2n) is 2.98. The molecule has 0 atom stereocenters. The Morgan fingerprint density at radius 3 is 2.47 bits per heavy atom. The van der Waals surface area contributed by atoms with Crippen molar-refractivity contribution >= 4 is 11.6 Å². The number of benzene rings is 1. The van der Waals surface area contributed by atoms with Gasteiger partial charge in [-0.1, -0.05) is 19.1 Å². The lowest BCUT2D eigenvalue weighted by Crippen LogP contribution is -2.18. The topological polar surface area (TPSA) is 9.23 Å². The molecule has 0 radical (unpaired) electrons. The summed E-state index contributed by atoms with van der Waals surface area (Å²) in [4.78, 5) is 0. The van der Waals surface area contributed by atoms with Crippen LogP contribution in [0.3, 0.4) is 0 Å². The lowest BCUT2D eigenvalue weighted by molar-refractivity contribution is -0.274. The molecule has 0 unspecified atom stereocenters. The minimum atomic E-state index is -4.65. The van der Waals surface area contributed by atoms with E-state index in [1.165, 1.54) is 12.1 Å². The molecule has 0 saturated heterocycles. The van der Waals surface area contributed by atoms with E-state index in [0.29, 0.717) is 12.0 Å². The molecule has 0 bridgehead atoms. The molecule has 0 saturated carbocycles. The Morgan fingerprint density at radius 2 is 2.00 bits per heavy atom. The number of ether oxygens (including phenoxy) is 1. The molecule has 0 aliphatic carbocycles. The predicted molar refractivity (Wildman–Crippen MR) is 52.1 cm³/mol. The minimum Gasteiger partial charge on any atom is -0.406 e. The van der Waals surface area contributed by atoms with E-state index in [1.54, 1.807) is 13.0 Å². The van der Waals surface area contributed by atoms with Crippen molar-refractivity contribution in [3.8, 4) is 5.75 Å². The van der Waals surface area contributed by atoms with Crippen molar-refractivity contribution in [3.63, 3.8) is 0 Å². The van der Waals surface area contributed by atoms with Crippen LogP contribution in [0.1, 0.15) is 18.1 Å². The van der Waals surface area contributed by atoms with Gasteiger partial charge in [-0.25, -0.2) is 0 Å². The van der Waals surface area contributed by atoms with Crippen LogP contribution in [0.5, 0.6) is 5.75 Å². The van der Waals surface area contributed by atoms with Crippen LogP contribution in [0.15, 0.2) is 18.2 Å². The smallest absolute Gasteiger partial charge is 0.406 e. The molecular weight excluding hydrogens is 229 g/mol. The van der Waals surface area contributed by atoms with Gasteiger partial charge in [-0.15, -0.1) is 24.8 Å². The van der Waals surface area contributed by atoms with Crippen LogP contribution < -0.4 is 4.74 Å². The Morgan fingerprint density at radius 1 is 1.33 bits per heavy atom. The first-order valence-electron chi connectivity index (χ1n) is 4.39. The lowest BCUT2D eigenvalue weighted by atomic mass is 10.1. The van der Waals surface area contributed by atoms with Crippen LogP contribution in [-0.4, -0.2) is 6.36 Å². The Hall–Kier alpha value is -0.900. The van der Waals surface area contributed by atoms with E-state index in [4.69, 9.17) is 11.6 Å². The second kappa shape index (κ2) is 4.75. The van der Waals surface area contributed by atoms with E-state index in [0.717, 1.165) is 5.56 Å². The molecule has 0 heterocycles. The van der Waals surface area contributed by atoms with Gasteiger partial charge in [0.15, 0.2) is 0 Å². The molecule has 1 aromatic carbocycles. The first-order valence-corrected chi connectivity index (χ1v) is 4.93. The van der Waals surface area contributed by atoms with Gasteiger partial charge in [-0.3, -0.25) is 0 Å². The van der Waals surface area contributed by atoms with Crippen molar-refractivity contribution in [3.05, 3.63) is 29.3 Å². The van der Waals surface area contributed by atoms with E-state index in [2.05, 4.69) is 4.74 Å². The summed E-state index contributed by atoms with van der Waals surface area (Å²) < 4.78 is 39.9. The molecule has 0 aromatic heterocycles. The van der Waals surface area contributed by atoms with Crippen molar-refractivity contribution < 1.29 is 17.9 Å². The van der Waals surface area contributed by atoms with Gasteiger partial charge < -0.3 is 4.74 Å².